The zero-order valence-corrected chi connectivity index (χ0v) is 21.8. The minimum atomic E-state index is -0.885. The van der Waals surface area contributed by atoms with Gasteiger partial charge in [-0.25, -0.2) is 0 Å². The first-order valence-corrected chi connectivity index (χ1v) is 11.5. The molecule has 2 nitrogen and oxygen atoms in total. The Hall–Kier alpha value is 1.24. The minimum Gasteiger partial charge on any atom is -0.321 e. The number of ether oxygens (including phenoxy) is 2. The van der Waals surface area contributed by atoms with Gasteiger partial charge in [-0.2, -0.15) is 0 Å². The second-order valence-corrected chi connectivity index (χ2v) is 13.1. The molecule has 0 amide bonds. The third kappa shape index (κ3) is 5.62. The molecule has 0 saturated carbocycles. The van der Waals surface area contributed by atoms with Crippen LogP contribution in [0.3, 0.4) is 0 Å². The molecule has 2 aromatic rings. The van der Waals surface area contributed by atoms with Gasteiger partial charge in [0.25, 0.3) is 0 Å². The molecule has 2 rings (SSSR count). The van der Waals surface area contributed by atoms with Crippen molar-refractivity contribution in [2.24, 2.45) is 0 Å². The topological polar surface area (TPSA) is 18.5 Å². The molecule has 0 saturated heterocycles. The molecular formula is C16H12Br6O2. The molecule has 24 heavy (non-hydrogen) atoms. The highest BCUT2D eigenvalue weighted by Gasteiger charge is 2.36. The van der Waals surface area contributed by atoms with E-state index < -0.39 is 13.1 Å². The van der Waals surface area contributed by atoms with E-state index in [-0.39, 0.29) is 0 Å². The predicted molar refractivity (Wildman–Crippen MR) is 119 cm³/mol. The molecule has 0 unspecified atom stereocenters. The van der Waals surface area contributed by atoms with E-state index in [1.54, 1.807) is 0 Å². The molecule has 0 aliphatic carbocycles. The molecular weight excluding hydrogens is 704 g/mol. The van der Waals surface area contributed by atoms with Crippen molar-refractivity contribution in [3.63, 3.8) is 0 Å². The Morgan fingerprint density at radius 1 is 0.708 bits per heavy atom. The summed E-state index contributed by atoms with van der Waals surface area (Å²) in [7, 11) is 0. The smallest absolute Gasteiger partial charge is 0.207 e. The summed E-state index contributed by atoms with van der Waals surface area (Å²) in [6.45, 7) is 1.82. The molecule has 0 aliphatic heterocycles. The molecule has 0 fully saturated rings. The average Bonchev–Trinajstić information content (AvgIpc) is 2.46. The number of alkyl halides is 4. The van der Waals surface area contributed by atoms with E-state index in [1.165, 1.54) is 0 Å². The van der Waals surface area contributed by atoms with Crippen LogP contribution in [0.4, 0.5) is 0 Å². The zero-order valence-electron chi connectivity index (χ0n) is 12.3. The molecule has 8 heteroatoms. The van der Waals surface area contributed by atoms with Crippen molar-refractivity contribution >= 4 is 95.6 Å². The van der Waals surface area contributed by atoms with Crippen molar-refractivity contribution in [1.82, 2.24) is 0 Å². The summed E-state index contributed by atoms with van der Waals surface area (Å²) in [6.07, 6.45) is -0.554. The minimum absolute atomic E-state index is 0.554. The Kier molecular flexibility index (Phi) is 8.03. The maximum absolute atomic E-state index is 6.01. The molecule has 0 aliphatic rings. The summed E-state index contributed by atoms with van der Waals surface area (Å²) in [5, 5.41) is 0. The molecule has 0 aromatic heterocycles. The van der Waals surface area contributed by atoms with Gasteiger partial charge < -0.3 is 9.47 Å². The fraction of sp³-hybridized carbons (Fsp3) is 0.250. The van der Waals surface area contributed by atoms with Crippen LogP contribution in [0, 0.1) is 0 Å². The number of hydrogen-bond acceptors (Lipinski definition) is 2. The van der Waals surface area contributed by atoms with Crippen molar-refractivity contribution in [3.8, 4) is 0 Å². The predicted octanol–water partition coefficient (Wildman–Crippen LogP) is 8.09. The van der Waals surface area contributed by atoms with Gasteiger partial charge in [0, 0.05) is 20.1 Å². The van der Waals surface area contributed by atoms with Crippen molar-refractivity contribution in [2.75, 3.05) is 0 Å². The summed E-state index contributed by atoms with van der Waals surface area (Å²) >= 11 is 21.3. The number of halogens is 6. The molecule has 0 heterocycles. The van der Waals surface area contributed by atoms with Crippen molar-refractivity contribution in [2.45, 2.75) is 20.1 Å². The van der Waals surface area contributed by atoms with Crippen LogP contribution in [-0.4, -0.2) is 6.29 Å². The van der Waals surface area contributed by atoms with Crippen LogP contribution in [0.1, 0.15) is 18.1 Å². The van der Waals surface area contributed by atoms with Crippen LogP contribution in [0.2, 0.25) is 0 Å². The normalized spacial score (nSPS) is 12.7. The lowest BCUT2D eigenvalue weighted by atomic mass is 10.2. The zero-order chi connectivity index (χ0) is 18.0. The van der Waals surface area contributed by atoms with Crippen LogP contribution in [0.5, 0.6) is 0 Å². The van der Waals surface area contributed by atoms with E-state index in [1.807, 2.05) is 55.5 Å². The Labute approximate surface area is 191 Å². The fourth-order valence-corrected chi connectivity index (χ4v) is 6.59. The molecule has 0 N–H and O–H groups in total. The van der Waals surface area contributed by atoms with E-state index in [2.05, 4.69) is 95.6 Å². The lowest BCUT2D eigenvalue weighted by Crippen LogP contribution is -2.29. The highest BCUT2D eigenvalue weighted by atomic mass is 79.9. The van der Waals surface area contributed by atoms with E-state index in [4.69, 9.17) is 9.47 Å². The van der Waals surface area contributed by atoms with Gasteiger partial charge in [0.2, 0.25) is 6.84 Å². The van der Waals surface area contributed by atoms with Gasteiger partial charge in [-0.3, -0.25) is 0 Å². The molecule has 0 bridgehead atoms. The summed E-state index contributed by atoms with van der Waals surface area (Å²) in [5.74, 6) is 0. The molecule has 0 atom stereocenters. The van der Waals surface area contributed by atoms with Crippen LogP contribution in [0.15, 0.2) is 57.5 Å². The molecule has 0 spiro atoms. The first-order chi connectivity index (χ1) is 11.1. The highest BCUT2D eigenvalue weighted by Crippen LogP contribution is 2.47. The third-order valence-corrected chi connectivity index (χ3v) is 6.84. The maximum atomic E-state index is 6.01. The summed E-state index contributed by atoms with van der Waals surface area (Å²) in [4.78, 5) is 0. The van der Waals surface area contributed by atoms with Crippen LogP contribution in [-0.2, 0) is 16.3 Å². The standard InChI is InChI=1S/C16H12Br6O2/c1-10(23-15(19,20)11-6-2-4-8-13(11)17)24-16(21,22)12-7-3-5-9-14(12)18/h2-10H,1H3. The summed E-state index contributed by atoms with van der Waals surface area (Å²) in [5.41, 5.74) is 1.80. The van der Waals surface area contributed by atoms with Crippen molar-refractivity contribution < 1.29 is 9.47 Å². The quantitative estimate of drug-likeness (QED) is 0.223. The van der Waals surface area contributed by atoms with Gasteiger partial charge in [0.1, 0.15) is 0 Å². The molecule has 2 aromatic carbocycles. The SMILES string of the molecule is CC(OC(Br)(Br)c1ccccc1Br)OC(Br)(Br)c1ccccc1Br. The lowest BCUT2D eigenvalue weighted by Gasteiger charge is -2.31. The van der Waals surface area contributed by atoms with Gasteiger partial charge in [-0.15, -0.1) is 0 Å². The van der Waals surface area contributed by atoms with E-state index in [0.717, 1.165) is 20.1 Å². The van der Waals surface area contributed by atoms with Crippen molar-refractivity contribution in [1.29, 1.82) is 0 Å². The van der Waals surface area contributed by atoms with Crippen LogP contribution in [0.25, 0.3) is 0 Å². The number of benzene rings is 2. The van der Waals surface area contributed by atoms with Gasteiger partial charge in [-0.05, 0) is 82.8 Å². The van der Waals surface area contributed by atoms with E-state index in [9.17, 15) is 0 Å². The number of hydrogen-bond donors (Lipinski definition) is 0. The second-order valence-electron chi connectivity index (χ2n) is 4.80. The van der Waals surface area contributed by atoms with Crippen LogP contribution >= 0.6 is 95.6 Å². The van der Waals surface area contributed by atoms with Gasteiger partial charge in [0.15, 0.2) is 6.29 Å². The Morgan fingerprint density at radius 2 is 1.04 bits per heavy atom. The number of rotatable bonds is 6. The Balaban J connectivity index is 2.14. The molecule has 130 valence electrons. The lowest BCUT2D eigenvalue weighted by molar-refractivity contribution is -0.161. The monoisotopic (exact) mass is 710 g/mol. The van der Waals surface area contributed by atoms with E-state index in [0.29, 0.717) is 0 Å². The van der Waals surface area contributed by atoms with E-state index >= 15 is 0 Å². The first-order valence-electron chi connectivity index (χ1n) is 6.75. The average molecular weight is 716 g/mol. The van der Waals surface area contributed by atoms with Gasteiger partial charge in [0.05, 0.1) is 0 Å². The van der Waals surface area contributed by atoms with Crippen molar-refractivity contribution in [3.05, 3.63) is 68.6 Å². The Bertz CT molecular complexity index is 645. The largest absolute Gasteiger partial charge is 0.321 e. The fourth-order valence-electron chi connectivity index (χ4n) is 1.96. The van der Waals surface area contributed by atoms with Gasteiger partial charge >= 0.3 is 0 Å². The summed E-state index contributed by atoms with van der Waals surface area (Å²) in [6, 6.07) is 15.5. The van der Waals surface area contributed by atoms with Gasteiger partial charge in [-0.1, -0.05) is 68.3 Å². The highest BCUT2D eigenvalue weighted by molar-refractivity contribution is 9.25. The third-order valence-electron chi connectivity index (χ3n) is 3.00. The first kappa shape index (κ1) is 21.5. The second kappa shape index (κ2) is 8.95. The van der Waals surface area contributed by atoms with Crippen LogP contribution < -0.4 is 0 Å². The maximum Gasteiger partial charge on any atom is 0.207 e. The summed E-state index contributed by atoms with van der Waals surface area (Å²) < 4.78 is 12.1. The molecule has 0 radical (unpaired) electrons. The Morgan fingerprint density at radius 3 is 1.38 bits per heavy atom.